The number of aromatic nitrogens is 3. The molecule has 0 bridgehead atoms. The summed E-state index contributed by atoms with van der Waals surface area (Å²) in [6.07, 6.45) is 0. The van der Waals surface area contributed by atoms with Crippen LogP contribution in [0.1, 0.15) is 13.8 Å². The molecule has 0 unspecified atom stereocenters. The van der Waals surface area contributed by atoms with Gasteiger partial charge in [-0.25, -0.2) is 4.39 Å². The molecule has 1 heterocycles. The van der Waals surface area contributed by atoms with E-state index in [4.69, 9.17) is 14.2 Å². The maximum Gasteiger partial charge on any atom is 0.196 e. The van der Waals surface area contributed by atoms with Crippen molar-refractivity contribution in [2.45, 2.75) is 19.0 Å². The number of ether oxygens (including phenoxy) is 3. The molecule has 4 rings (SSSR count). The summed E-state index contributed by atoms with van der Waals surface area (Å²) in [6.45, 7) is 5.55. The van der Waals surface area contributed by atoms with Crippen LogP contribution in [-0.4, -0.2) is 40.3 Å². The van der Waals surface area contributed by atoms with E-state index in [9.17, 15) is 4.39 Å². The molecule has 0 aliphatic rings. The van der Waals surface area contributed by atoms with Gasteiger partial charge in [0, 0.05) is 11.3 Å². The van der Waals surface area contributed by atoms with E-state index in [0.29, 0.717) is 42.2 Å². The average molecular weight is 480 g/mol. The zero-order chi connectivity index (χ0) is 23.8. The molecule has 0 aliphatic carbocycles. The number of halogens is 1. The van der Waals surface area contributed by atoms with Gasteiger partial charge in [0.25, 0.3) is 0 Å². The minimum absolute atomic E-state index is 0.345. The fourth-order valence-corrected chi connectivity index (χ4v) is 4.12. The number of para-hydroxylation sites is 1. The summed E-state index contributed by atoms with van der Waals surface area (Å²) in [4.78, 5) is 0. The van der Waals surface area contributed by atoms with Crippen LogP contribution in [0.25, 0.3) is 17.1 Å². The predicted molar refractivity (Wildman–Crippen MR) is 132 cm³/mol. The number of hydrogen-bond acceptors (Lipinski definition) is 6. The van der Waals surface area contributed by atoms with Crippen LogP contribution in [0.4, 0.5) is 4.39 Å². The summed E-state index contributed by atoms with van der Waals surface area (Å²) in [6, 6.07) is 21.7. The Morgan fingerprint density at radius 2 is 1.35 bits per heavy atom. The van der Waals surface area contributed by atoms with Crippen molar-refractivity contribution in [3.8, 4) is 34.3 Å². The van der Waals surface area contributed by atoms with Crippen LogP contribution in [-0.2, 0) is 0 Å². The Morgan fingerprint density at radius 1 is 0.765 bits per heavy atom. The molecule has 0 N–H and O–H groups in total. The Bertz CT molecular complexity index is 1200. The maximum atomic E-state index is 14.7. The molecule has 0 fully saturated rings. The van der Waals surface area contributed by atoms with Crippen LogP contribution < -0.4 is 14.2 Å². The highest BCUT2D eigenvalue weighted by molar-refractivity contribution is 7.99. The molecular weight excluding hydrogens is 453 g/mol. The van der Waals surface area contributed by atoms with E-state index >= 15 is 0 Å². The first kappa shape index (κ1) is 23.6. The highest BCUT2D eigenvalue weighted by Crippen LogP contribution is 2.30. The normalized spacial score (nSPS) is 10.8. The minimum Gasteiger partial charge on any atom is -0.494 e. The molecule has 0 atom stereocenters. The second-order valence-corrected chi connectivity index (χ2v) is 8.21. The van der Waals surface area contributed by atoms with Gasteiger partial charge in [0.2, 0.25) is 0 Å². The van der Waals surface area contributed by atoms with Crippen molar-refractivity contribution in [1.29, 1.82) is 0 Å². The molecule has 3 aromatic carbocycles. The SMILES string of the molecule is CCOc1ccc(OCCSc2nnc(-c3ccc(OCC)cc3)n2-c2ccccc2F)cc1. The fraction of sp³-hybridized carbons (Fsp3) is 0.231. The number of rotatable bonds is 11. The number of hydrogen-bond donors (Lipinski definition) is 0. The first-order valence-electron chi connectivity index (χ1n) is 11.1. The zero-order valence-electron chi connectivity index (χ0n) is 19.1. The Kier molecular flexibility index (Phi) is 8.04. The fourth-order valence-electron chi connectivity index (χ4n) is 3.36. The molecule has 1 aromatic heterocycles. The molecule has 0 radical (unpaired) electrons. The molecule has 0 aliphatic heterocycles. The van der Waals surface area contributed by atoms with Crippen LogP contribution in [0.5, 0.6) is 17.2 Å². The predicted octanol–water partition coefficient (Wildman–Crippen LogP) is 6.04. The topological polar surface area (TPSA) is 58.4 Å². The van der Waals surface area contributed by atoms with Crippen LogP contribution in [0, 0.1) is 5.82 Å². The third-order valence-corrected chi connectivity index (χ3v) is 5.76. The third kappa shape index (κ3) is 5.69. The van der Waals surface area contributed by atoms with Gasteiger partial charge < -0.3 is 14.2 Å². The molecule has 6 nitrogen and oxygen atoms in total. The molecular formula is C26H26FN3O3S. The summed E-state index contributed by atoms with van der Waals surface area (Å²) in [5.74, 6) is 3.16. The summed E-state index contributed by atoms with van der Waals surface area (Å²) in [5.41, 5.74) is 1.21. The third-order valence-electron chi connectivity index (χ3n) is 4.87. The van der Waals surface area contributed by atoms with E-state index in [2.05, 4.69) is 10.2 Å². The summed E-state index contributed by atoms with van der Waals surface area (Å²) >= 11 is 1.46. The van der Waals surface area contributed by atoms with E-state index in [-0.39, 0.29) is 5.82 Å². The van der Waals surface area contributed by atoms with Gasteiger partial charge in [-0.3, -0.25) is 4.57 Å². The smallest absolute Gasteiger partial charge is 0.196 e. The van der Waals surface area contributed by atoms with Crippen molar-refractivity contribution in [2.75, 3.05) is 25.6 Å². The number of nitrogens with zero attached hydrogens (tertiary/aromatic N) is 3. The van der Waals surface area contributed by atoms with Gasteiger partial charge in [-0.2, -0.15) is 0 Å². The van der Waals surface area contributed by atoms with Crippen molar-refractivity contribution >= 4 is 11.8 Å². The quantitative estimate of drug-likeness (QED) is 0.193. The molecule has 176 valence electrons. The van der Waals surface area contributed by atoms with Crippen molar-refractivity contribution in [1.82, 2.24) is 14.8 Å². The zero-order valence-corrected chi connectivity index (χ0v) is 19.9. The van der Waals surface area contributed by atoms with Crippen LogP contribution >= 0.6 is 11.8 Å². The second kappa shape index (κ2) is 11.6. The Hall–Kier alpha value is -3.52. The number of benzene rings is 3. The van der Waals surface area contributed by atoms with E-state index in [1.807, 2.05) is 62.4 Å². The van der Waals surface area contributed by atoms with Crippen LogP contribution in [0.15, 0.2) is 78.0 Å². The molecule has 34 heavy (non-hydrogen) atoms. The van der Waals surface area contributed by atoms with Gasteiger partial charge in [0.1, 0.15) is 23.1 Å². The Labute approximate surface area is 202 Å². The lowest BCUT2D eigenvalue weighted by atomic mass is 10.2. The standard InChI is InChI=1S/C26H26FN3O3S/c1-3-31-20-11-9-19(10-12-20)25-28-29-26(30(25)24-8-6-5-7-23(24)27)34-18-17-33-22-15-13-21(14-16-22)32-4-2/h5-16H,3-4,17-18H2,1-2H3. The van der Waals surface area contributed by atoms with E-state index in [1.165, 1.54) is 17.8 Å². The molecule has 0 saturated carbocycles. The monoisotopic (exact) mass is 479 g/mol. The largest absolute Gasteiger partial charge is 0.494 e. The lowest BCUT2D eigenvalue weighted by Gasteiger charge is -2.12. The van der Waals surface area contributed by atoms with Crippen molar-refractivity contribution < 1.29 is 18.6 Å². The number of thioether (sulfide) groups is 1. The molecule has 0 saturated heterocycles. The van der Waals surface area contributed by atoms with Crippen molar-refractivity contribution in [3.05, 3.63) is 78.6 Å². The highest BCUT2D eigenvalue weighted by Gasteiger charge is 2.18. The van der Waals surface area contributed by atoms with Gasteiger partial charge in [-0.1, -0.05) is 23.9 Å². The van der Waals surface area contributed by atoms with Crippen LogP contribution in [0.3, 0.4) is 0 Å². The van der Waals surface area contributed by atoms with Gasteiger partial charge in [0.05, 0.1) is 25.5 Å². The first-order chi connectivity index (χ1) is 16.7. The molecule has 0 amide bonds. The maximum absolute atomic E-state index is 14.7. The van der Waals surface area contributed by atoms with Crippen molar-refractivity contribution in [3.63, 3.8) is 0 Å². The summed E-state index contributed by atoms with van der Waals surface area (Å²) < 4.78 is 33.3. The molecule has 0 spiro atoms. The van der Waals surface area contributed by atoms with Gasteiger partial charge in [-0.15, -0.1) is 10.2 Å². The lowest BCUT2D eigenvalue weighted by Crippen LogP contribution is -2.05. The van der Waals surface area contributed by atoms with Gasteiger partial charge in [-0.05, 0) is 74.5 Å². The van der Waals surface area contributed by atoms with E-state index in [0.717, 1.165) is 22.8 Å². The second-order valence-electron chi connectivity index (χ2n) is 7.15. The first-order valence-corrected chi connectivity index (χ1v) is 12.1. The Morgan fingerprint density at radius 3 is 1.97 bits per heavy atom. The lowest BCUT2D eigenvalue weighted by molar-refractivity contribution is 0.332. The minimum atomic E-state index is -0.345. The Balaban J connectivity index is 1.51. The average Bonchev–Trinajstić information content (AvgIpc) is 3.27. The van der Waals surface area contributed by atoms with Gasteiger partial charge in [0.15, 0.2) is 11.0 Å². The van der Waals surface area contributed by atoms with Gasteiger partial charge >= 0.3 is 0 Å². The van der Waals surface area contributed by atoms with E-state index in [1.54, 1.807) is 22.8 Å². The van der Waals surface area contributed by atoms with Crippen LogP contribution in [0.2, 0.25) is 0 Å². The summed E-state index contributed by atoms with van der Waals surface area (Å²) in [7, 11) is 0. The molecule has 8 heteroatoms. The van der Waals surface area contributed by atoms with E-state index < -0.39 is 0 Å². The van der Waals surface area contributed by atoms with Crippen molar-refractivity contribution in [2.24, 2.45) is 0 Å². The highest BCUT2D eigenvalue weighted by atomic mass is 32.2. The molecule has 4 aromatic rings. The summed E-state index contributed by atoms with van der Waals surface area (Å²) in [5, 5.41) is 9.31.